The van der Waals surface area contributed by atoms with Crippen molar-refractivity contribution < 1.29 is 9.47 Å². The summed E-state index contributed by atoms with van der Waals surface area (Å²) in [6.45, 7) is 13.8. The number of hydrogen-bond acceptors (Lipinski definition) is 3. The summed E-state index contributed by atoms with van der Waals surface area (Å²) in [6, 6.07) is 6.50. The maximum Gasteiger partial charge on any atom is 0.123 e. The van der Waals surface area contributed by atoms with Gasteiger partial charge in [0.2, 0.25) is 0 Å². The van der Waals surface area contributed by atoms with E-state index < -0.39 is 0 Å². The van der Waals surface area contributed by atoms with E-state index in [2.05, 4.69) is 32.7 Å². The van der Waals surface area contributed by atoms with Gasteiger partial charge in [-0.1, -0.05) is 13.0 Å². The summed E-state index contributed by atoms with van der Waals surface area (Å²) in [5.74, 6) is 1.80. The Morgan fingerprint density at radius 1 is 1.29 bits per heavy atom. The molecular weight excluding hydrogens is 262 g/mol. The summed E-state index contributed by atoms with van der Waals surface area (Å²) in [5.41, 5.74) is 1.12. The SMILES string of the molecule is C=CCc1cc(OCC)ccc1OC(C)CNC(C)CC. The van der Waals surface area contributed by atoms with E-state index in [4.69, 9.17) is 9.47 Å². The molecular formula is C18H29NO2. The van der Waals surface area contributed by atoms with E-state index in [1.165, 1.54) is 0 Å². The largest absolute Gasteiger partial charge is 0.494 e. The molecule has 0 aromatic heterocycles. The van der Waals surface area contributed by atoms with Crippen molar-refractivity contribution in [2.75, 3.05) is 13.2 Å². The van der Waals surface area contributed by atoms with Gasteiger partial charge in [0.15, 0.2) is 0 Å². The number of ether oxygens (including phenoxy) is 2. The van der Waals surface area contributed by atoms with Gasteiger partial charge in [0.05, 0.1) is 6.61 Å². The highest BCUT2D eigenvalue weighted by molar-refractivity contribution is 5.41. The van der Waals surface area contributed by atoms with E-state index in [1.54, 1.807) is 0 Å². The molecule has 0 saturated carbocycles. The van der Waals surface area contributed by atoms with Gasteiger partial charge in [-0.15, -0.1) is 6.58 Å². The standard InChI is InChI=1S/C18H29NO2/c1-6-9-16-12-17(20-8-3)10-11-18(16)21-15(5)13-19-14(4)7-2/h6,10-12,14-15,19H,1,7-9,13H2,2-5H3. The molecule has 0 aliphatic rings. The molecule has 0 saturated heterocycles. The van der Waals surface area contributed by atoms with Gasteiger partial charge in [-0.25, -0.2) is 0 Å². The van der Waals surface area contributed by atoms with Crippen molar-refractivity contribution in [3.63, 3.8) is 0 Å². The zero-order valence-corrected chi connectivity index (χ0v) is 13.8. The Morgan fingerprint density at radius 2 is 2.05 bits per heavy atom. The molecule has 21 heavy (non-hydrogen) atoms. The molecule has 1 rings (SSSR count). The van der Waals surface area contributed by atoms with Crippen LogP contribution in [-0.2, 0) is 6.42 Å². The minimum absolute atomic E-state index is 0.125. The van der Waals surface area contributed by atoms with Gasteiger partial charge in [-0.2, -0.15) is 0 Å². The quantitative estimate of drug-likeness (QED) is 0.662. The first-order valence-electron chi connectivity index (χ1n) is 7.87. The number of hydrogen-bond donors (Lipinski definition) is 1. The highest BCUT2D eigenvalue weighted by atomic mass is 16.5. The Kier molecular flexibility index (Phi) is 7.91. The molecule has 2 unspecified atom stereocenters. The minimum atomic E-state index is 0.125. The van der Waals surface area contributed by atoms with E-state index in [9.17, 15) is 0 Å². The predicted octanol–water partition coefficient (Wildman–Crippen LogP) is 3.97. The van der Waals surface area contributed by atoms with E-state index in [1.807, 2.05) is 31.2 Å². The second-order valence-corrected chi connectivity index (χ2v) is 5.34. The van der Waals surface area contributed by atoms with Gasteiger partial charge < -0.3 is 14.8 Å². The molecule has 1 aromatic carbocycles. The predicted molar refractivity (Wildman–Crippen MR) is 89.4 cm³/mol. The summed E-state index contributed by atoms with van der Waals surface area (Å²) >= 11 is 0. The van der Waals surface area contributed by atoms with Gasteiger partial charge in [0, 0.05) is 18.2 Å². The van der Waals surface area contributed by atoms with Crippen molar-refractivity contribution in [1.82, 2.24) is 5.32 Å². The lowest BCUT2D eigenvalue weighted by molar-refractivity contribution is 0.210. The van der Waals surface area contributed by atoms with E-state index >= 15 is 0 Å². The van der Waals surface area contributed by atoms with Crippen molar-refractivity contribution in [3.8, 4) is 11.5 Å². The maximum atomic E-state index is 6.06. The molecule has 0 heterocycles. The number of nitrogens with one attached hydrogen (secondary N) is 1. The van der Waals surface area contributed by atoms with Gasteiger partial charge in [0.1, 0.15) is 17.6 Å². The number of allylic oxidation sites excluding steroid dienone is 1. The Hall–Kier alpha value is -1.48. The first-order valence-corrected chi connectivity index (χ1v) is 7.87. The Bertz CT molecular complexity index is 431. The normalized spacial score (nSPS) is 13.5. The van der Waals surface area contributed by atoms with Crippen LogP contribution in [0.1, 0.15) is 39.7 Å². The first kappa shape index (κ1) is 17.6. The molecule has 0 amide bonds. The molecule has 3 heteroatoms. The lowest BCUT2D eigenvalue weighted by Crippen LogP contribution is -2.34. The smallest absolute Gasteiger partial charge is 0.123 e. The second-order valence-electron chi connectivity index (χ2n) is 5.34. The fraction of sp³-hybridized carbons (Fsp3) is 0.556. The zero-order valence-electron chi connectivity index (χ0n) is 13.8. The molecule has 0 bridgehead atoms. The maximum absolute atomic E-state index is 6.06. The Balaban J connectivity index is 2.69. The van der Waals surface area contributed by atoms with Gasteiger partial charge in [0.25, 0.3) is 0 Å². The van der Waals surface area contributed by atoms with Crippen molar-refractivity contribution in [2.24, 2.45) is 0 Å². The van der Waals surface area contributed by atoms with Gasteiger partial charge >= 0.3 is 0 Å². The van der Waals surface area contributed by atoms with Crippen LogP contribution < -0.4 is 14.8 Å². The van der Waals surface area contributed by atoms with Crippen LogP contribution in [0.5, 0.6) is 11.5 Å². The lowest BCUT2D eigenvalue weighted by atomic mass is 10.1. The van der Waals surface area contributed by atoms with Gasteiger partial charge in [-0.3, -0.25) is 0 Å². The van der Waals surface area contributed by atoms with Crippen molar-refractivity contribution in [2.45, 2.75) is 52.7 Å². The van der Waals surface area contributed by atoms with Crippen molar-refractivity contribution >= 4 is 0 Å². The summed E-state index contributed by atoms with van der Waals surface area (Å²) in [6.07, 6.45) is 3.92. The molecule has 0 spiro atoms. The minimum Gasteiger partial charge on any atom is -0.494 e. The summed E-state index contributed by atoms with van der Waals surface area (Å²) in [4.78, 5) is 0. The van der Waals surface area contributed by atoms with Crippen LogP contribution in [0, 0.1) is 0 Å². The van der Waals surface area contributed by atoms with E-state index in [0.29, 0.717) is 12.6 Å². The molecule has 2 atom stereocenters. The Labute approximate surface area is 129 Å². The lowest BCUT2D eigenvalue weighted by Gasteiger charge is -2.20. The average molecular weight is 291 g/mol. The highest BCUT2D eigenvalue weighted by Gasteiger charge is 2.10. The molecule has 0 fully saturated rings. The van der Waals surface area contributed by atoms with Crippen LogP contribution in [0.25, 0.3) is 0 Å². The van der Waals surface area contributed by atoms with Crippen LogP contribution >= 0.6 is 0 Å². The molecule has 1 N–H and O–H groups in total. The number of rotatable bonds is 10. The zero-order chi connectivity index (χ0) is 15.7. The topological polar surface area (TPSA) is 30.5 Å². The fourth-order valence-electron chi connectivity index (χ4n) is 2.01. The third-order valence-corrected chi connectivity index (χ3v) is 3.40. The summed E-state index contributed by atoms with van der Waals surface area (Å²) in [7, 11) is 0. The van der Waals surface area contributed by atoms with E-state index in [-0.39, 0.29) is 6.10 Å². The third kappa shape index (κ3) is 6.21. The molecule has 0 aliphatic carbocycles. The molecule has 0 aliphatic heterocycles. The van der Waals surface area contributed by atoms with E-state index in [0.717, 1.165) is 36.4 Å². The second kappa shape index (κ2) is 9.46. The molecule has 3 nitrogen and oxygen atoms in total. The fourth-order valence-corrected chi connectivity index (χ4v) is 2.01. The highest BCUT2D eigenvalue weighted by Crippen LogP contribution is 2.26. The summed E-state index contributed by atoms with van der Waals surface area (Å²) in [5, 5.41) is 3.47. The van der Waals surface area contributed by atoms with Crippen molar-refractivity contribution in [1.29, 1.82) is 0 Å². The van der Waals surface area contributed by atoms with Crippen LogP contribution in [0.2, 0.25) is 0 Å². The average Bonchev–Trinajstić information content (AvgIpc) is 2.48. The molecule has 1 aromatic rings. The van der Waals surface area contributed by atoms with Crippen LogP contribution in [0.3, 0.4) is 0 Å². The van der Waals surface area contributed by atoms with Crippen molar-refractivity contribution in [3.05, 3.63) is 36.4 Å². The van der Waals surface area contributed by atoms with Crippen LogP contribution in [-0.4, -0.2) is 25.3 Å². The third-order valence-electron chi connectivity index (χ3n) is 3.40. The monoisotopic (exact) mass is 291 g/mol. The first-order chi connectivity index (χ1) is 10.1. The summed E-state index contributed by atoms with van der Waals surface area (Å²) < 4.78 is 11.6. The molecule has 0 radical (unpaired) electrons. The van der Waals surface area contributed by atoms with Crippen LogP contribution in [0.4, 0.5) is 0 Å². The van der Waals surface area contributed by atoms with Crippen LogP contribution in [0.15, 0.2) is 30.9 Å². The Morgan fingerprint density at radius 3 is 2.67 bits per heavy atom. The molecule has 118 valence electrons. The number of benzene rings is 1. The van der Waals surface area contributed by atoms with Gasteiger partial charge in [-0.05, 0) is 51.8 Å².